The van der Waals surface area contributed by atoms with E-state index in [2.05, 4.69) is 17.3 Å². The summed E-state index contributed by atoms with van der Waals surface area (Å²) >= 11 is 5.21. The van der Waals surface area contributed by atoms with Crippen LogP contribution in [-0.4, -0.2) is 54.2 Å². The van der Waals surface area contributed by atoms with Gasteiger partial charge in [-0.25, -0.2) is 0 Å². The highest BCUT2D eigenvalue weighted by molar-refractivity contribution is 7.80. The fraction of sp³-hybridized carbons (Fsp3) is 0.857. The lowest BCUT2D eigenvalue weighted by Crippen LogP contribution is -2.62. The van der Waals surface area contributed by atoms with Crippen molar-refractivity contribution in [2.24, 2.45) is 5.73 Å². The highest BCUT2D eigenvalue weighted by Gasteiger charge is 2.42. The average molecular weight is 299 g/mol. The number of methoxy groups -OCH3 is 1. The molecule has 1 aliphatic carbocycles. The SMILES string of the molecule is COC1(CC(=O)NC2(C(N)=S)CCN(C)CC2)CCC1. The fourth-order valence-electron chi connectivity index (χ4n) is 3.06. The second-order valence-electron chi connectivity index (χ2n) is 6.22. The molecule has 20 heavy (non-hydrogen) atoms. The molecular weight excluding hydrogens is 274 g/mol. The molecule has 0 atom stereocenters. The van der Waals surface area contributed by atoms with Crippen molar-refractivity contribution in [1.82, 2.24) is 10.2 Å². The van der Waals surface area contributed by atoms with E-state index in [4.69, 9.17) is 22.7 Å². The van der Waals surface area contributed by atoms with Gasteiger partial charge < -0.3 is 20.7 Å². The van der Waals surface area contributed by atoms with Crippen molar-refractivity contribution in [3.63, 3.8) is 0 Å². The summed E-state index contributed by atoms with van der Waals surface area (Å²) in [5.41, 5.74) is 5.13. The van der Waals surface area contributed by atoms with Crippen LogP contribution in [0, 0.1) is 0 Å². The predicted octanol–water partition coefficient (Wildman–Crippen LogP) is 0.812. The molecule has 1 saturated heterocycles. The van der Waals surface area contributed by atoms with E-state index < -0.39 is 5.54 Å². The minimum absolute atomic E-state index is 0.00361. The quantitative estimate of drug-likeness (QED) is 0.736. The molecule has 0 bridgehead atoms. The summed E-state index contributed by atoms with van der Waals surface area (Å²) in [7, 11) is 3.75. The van der Waals surface area contributed by atoms with Crippen molar-refractivity contribution in [2.45, 2.75) is 49.7 Å². The van der Waals surface area contributed by atoms with Gasteiger partial charge in [-0.2, -0.15) is 0 Å². The molecule has 0 radical (unpaired) electrons. The van der Waals surface area contributed by atoms with Crippen LogP contribution in [0.15, 0.2) is 0 Å². The van der Waals surface area contributed by atoms with Gasteiger partial charge >= 0.3 is 0 Å². The number of ether oxygens (including phenoxy) is 1. The molecule has 1 amide bonds. The maximum Gasteiger partial charge on any atom is 0.223 e. The summed E-state index contributed by atoms with van der Waals surface area (Å²) in [6.45, 7) is 1.79. The molecule has 2 rings (SSSR count). The van der Waals surface area contributed by atoms with E-state index in [1.165, 1.54) is 0 Å². The number of nitrogens with one attached hydrogen (secondary N) is 1. The number of carbonyl (C=O) groups excluding carboxylic acids is 1. The Hall–Kier alpha value is -0.720. The molecule has 2 fully saturated rings. The molecule has 3 N–H and O–H groups in total. The van der Waals surface area contributed by atoms with E-state index in [1.807, 2.05) is 0 Å². The molecule has 0 unspecified atom stereocenters. The molecule has 1 saturated carbocycles. The Labute approximate surface area is 126 Å². The first-order valence-electron chi connectivity index (χ1n) is 7.26. The molecule has 5 nitrogen and oxygen atoms in total. The second kappa shape index (κ2) is 5.95. The topological polar surface area (TPSA) is 67.6 Å². The zero-order chi connectivity index (χ0) is 14.8. The maximum atomic E-state index is 12.3. The number of nitrogens with two attached hydrogens (primary N) is 1. The summed E-state index contributed by atoms with van der Waals surface area (Å²) in [5, 5.41) is 3.10. The first-order chi connectivity index (χ1) is 9.41. The third-order valence-corrected chi connectivity index (χ3v) is 5.26. The summed E-state index contributed by atoms with van der Waals surface area (Å²) in [4.78, 5) is 15.0. The third-order valence-electron chi connectivity index (χ3n) is 4.87. The Morgan fingerprint density at radius 1 is 1.35 bits per heavy atom. The Morgan fingerprint density at radius 3 is 2.35 bits per heavy atom. The number of amides is 1. The minimum Gasteiger partial charge on any atom is -0.391 e. The summed E-state index contributed by atoms with van der Waals surface area (Å²) in [5.74, 6) is 0.00361. The predicted molar refractivity (Wildman–Crippen MR) is 82.6 cm³/mol. The van der Waals surface area contributed by atoms with Gasteiger partial charge in [-0.15, -0.1) is 0 Å². The van der Waals surface area contributed by atoms with Crippen molar-refractivity contribution >= 4 is 23.1 Å². The summed E-state index contributed by atoms with van der Waals surface area (Å²) in [6.07, 6.45) is 5.02. The molecule has 0 aromatic heterocycles. The normalized spacial score (nSPS) is 24.7. The van der Waals surface area contributed by atoms with Gasteiger partial charge in [0.15, 0.2) is 0 Å². The Bertz CT molecular complexity index is 382. The number of likely N-dealkylation sites (tertiary alicyclic amines) is 1. The number of carbonyl (C=O) groups is 1. The molecule has 114 valence electrons. The zero-order valence-corrected chi connectivity index (χ0v) is 13.2. The molecule has 2 aliphatic rings. The van der Waals surface area contributed by atoms with Crippen LogP contribution >= 0.6 is 12.2 Å². The van der Waals surface area contributed by atoms with E-state index in [0.29, 0.717) is 11.4 Å². The molecule has 0 aromatic carbocycles. The Kier molecular flexibility index (Phi) is 4.66. The van der Waals surface area contributed by atoms with Crippen molar-refractivity contribution in [2.75, 3.05) is 27.2 Å². The van der Waals surface area contributed by atoms with Crippen molar-refractivity contribution in [3.05, 3.63) is 0 Å². The van der Waals surface area contributed by atoms with E-state index in [0.717, 1.165) is 45.2 Å². The summed E-state index contributed by atoms with van der Waals surface area (Å²) < 4.78 is 5.51. The van der Waals surface area contributed by atoms with Gasteiger partial charge in [-0.3, -0.25) is 4.79 Å². The van der Waals surface area contributed by atoms with Crippen LogP contribution in [0.4, 0.5) is 0 Å². The van der Waals surface area contributed by atoms with Crippen LogP contribution in [-0.2, 0) is 9.53 Å². The molecule has 1 aliphatic heterocycles. The number of thiocarbonyl (C=S) groups is 1. The van der Waals surface area contributed by atoms with Crippen molar-refractivity contribution in [3.8, 4) is 0 Å². The van der Waals surface area contributed by atoms with Crippen molar-refractivity contribution in [1.29, 1.82) is 0 Å². The fourth-order valence-corrected chi connectivity index (χ4v) is 3.32. The number of rotatable bonds is 5. The lowest BCUT2D eigenvalue weighted by atomic mass is 9.77. The largest absolute Gasteiger partial charge is 0.391 e. The number of piperidine rings is 1. The zero-order valence-electron chi connectivity index (χ0n) is 12.4. The van der Waals surface area contributed by atoms with Gasteiger partial charge in [0.05, 0.1) is 22.5 Å². The lowest BCUT2D eigenvalue weighted by Gasteiger charge is -2.43. The van der Waals surface area contributed by atoms with Crippen LogP contribution in [0.1, 0.15) is 38.5 Å². The summed E-state index contributed by atoms with van der Waals surface area (Å²) in [6, 6.07) is 0. The van der Waals surface area contributed by atoms with Gasteiger partial charge in [0.25, 0.3) is 0 Å². The van der Waals surface area contributed by atoms with Gasteiger partial charge in [-0.05, 0) is 39.2 Å². The third kappa shape index (κ3) is 3.13. The van der Waals surface area contributed by atoms with Crippen LogP contribution in [0.3, 0.4) is 0 Å². The monoisotopic (exact) mass is 299 g/mol. The minimum atomic E-state index is -0.516. The van der Waals surface area contributed by atoms with Gasteiger partial charge in [-0.1, -0.05) is 12.2 Å². The van der Waals surface area contributed by atoms with E-state index in [1.54, 1.807) is 7.11 Å². The van der Waals surface area contributed by atoms with Gasteiger partial charge in [0.1, 0.15) is 0 Å². The van der Waals surface area contributed by atoms with Gasteiger partial charge in [0, 0.05) is 20.2 Å². The van der Waals surface area contributed by atoms with Crippen LogP contribution in [0.2, 0.25) is 0 Å². The second-order valence-corrected chi connectivity index (χ2v) is 6.66. The van der Waals surface area contributed by atoms with Crippen LogP contribution in [0.5, 0.6) is 0 Å². The van der Waals surface area contributed by atoms with E-state index >= 15 is 0 Å². The molecule has 0 aromatic rings. The average Bonchev–Trinajstić information content (AvgIpc) is 2.36. The van der Waals surface area contributed by atoms with E-state index in [9.17, 15) is 4.79 Å². The highest BCUT2D eigenvalue weighted by Crippen LogP contribution is 2.38. The standard InChI is InChI=1S/C14H25N3O2S/c1-17-8-6-14(7-9-17,12(15)20)16-11(18)10-13(19-2)4-3-5-13/h3-10H2,1-2H3,(H2,15,20)(H,16,18). The number of nitrogens with zero attached hydrogens (tertiary/aromatic N) is 1. The first kappa shape index (κ1) is 15.7. The smallest absolute Gasteiger partial charge is 0.223 e. The van der Waals surface area contributed by atoms with E-state index in [-0.39, 0.29) is 11.5 Å². The first-order valence-corrected chi connectivity index (χ1v) is 7.67. The molecular formula is C14H25N3O2S. The highest BCUT2D eigenvalue weighted by atomic mass is 32.1. The molecule has 0 spiro atoms. The Morgan fingerprint density at radius 2 is 1.95 bits per heavy atom. The molecule has 1 heterocycles. The lowest BCUT2D eigenvalue weighted by molar-refractivity contribution is -0.135. The van der Waals surface area contributed by atoms with Crippen LogP contribution < -0.4 is 11.1 Å². The Balaban J connectivity index is 1.98. The van der Waals surface area contributed by atoms with Gasteiger partial charge in [0.2, 0.25) is 5.91 Å². The van der Waals surface area contributed by atoms with Crippen LogP contribution in [0.25, 0.3) is 0 Å². The number of hydrogen-bond acceptors (Lipinski definition) is 4. The van der Waals surface area contributed by atoms with Crippen molar-refractivity contribution < 1.29 is 9.53 Å². The molecule has 6 heteroatoms. The number of hydrogen-bond donors (Lipinski definition) is 2. The maximum absolute atomic E-state index is 12.3.